The van der Waals surface area contributed by atoms with Crippen LogP contribution < -0.4 is 16.2 Å². The minimum absolute atomic E-state index is 0.0777. The molecule has 1 aromatic carbocycles. The molecule has 0 radical (unpaired) electrons. The smallest absolute Gasteiger partial charge is 0.256 e. The van der Waals surface area contributed by atoms with Gasteiger partial charge < -0.3 is 4.90 Å². The second-order valence-electron chi connectivity index (χ2n) is 6.73. The number of benzene rings is 1. The summed E-state index contributed by atoms with van der Waals surface area (Å²) in [7, 11) is 0. The third-order valence-corrected chi connectivity index (χ3v) is 4.64. The van der Waals surface area contributed by atoms with Crippen molar-refractivity contribution in [1.82, 2.24) is 5.43 Å². The number of hydrogen-bond acceptors (Lipinski definition) is 3. The third kappa shape index (κ3) is 2.64. The molecule has 2 rings (SSSR count). The highest BCUT2D eigenvalue weighted by Crippen LogP contribution is 2.46. The van der Waals surface area contributed by atoms with Crippen molar-refractivity contribution in [1.29, 1.82) is 0 Å². The van der Waals surface area contributed by atoms with Crippen molar-refractivity contribution in [2.24, 2.45) is 5.84 Å². The second-order valence-corrected chi connectivity index (χ2v) is 6.73. The first-order valence-electron chi connectivity index (χ1n) is 7.72. The van der Waals surface area contributed by atoms with Crippen molar-refractivity contribution in [3.63, 3.8) is 0 Å². The van der Waals surface area contributed by atoms with E-state index in [1.807, 2.05) is 6.92 Å². The fourth-order valence-electron chi connectivity index (χ4n) is 3.83. The highest BCUT2D eigenvalue weighted by Gasteiger charge is 2.42. The van der Waals surface area contributed by atoms with Gasteiger partial charge in [-0.05, 0) is 50.7 Å². The van der Waals surface area contributed by atoms with Gasteiger partial charge in [0.05, 0.1) is 0 Å². The van der Waals surface area contributed by atoms with Crippen LogP contribution in [0.4, 0.5) is 5.69 Å². The van der Waals surface area contributed by atoms with Gasteiger partial charge >= 0.3 is 0 Å². The zero-order valence-electron chi connectivity index (χ0n) is 13.7. The zero-order valence-corrected chi connectivity index (χ0v) is 13.7. The number of nitrogens with two attached hydrogens (primary N) is 1. The molecule has 0 bridgehead atoms. The first-order valence-corrected chi connectivity index (χ1v) is 7.72. The molecule has 0 spiro atoms. The average molecular weight is 289 g/mol. The molecule has 116 valence electrons. The summed E-state index contributed by atoms with van der Waals surface area (Å²) in [5, 5.41) is 0. The number of fused-ring (bicyclic) bond motifs is 1. The number of carbonyl (C=O) groups excluding carboxylic acids is 1. The summed E-state index contributed by atoms with van der Waals surface area (Å²) < 4.78 is 0. The van der Waals surface area contributed by atoms with Gasteiger partial charge in [0.15, 0.2) is 0 Å². The van der Waals surface area contributed by atoms with Gasteiger partial charge in [-0.25, -0.2) is 5.84 Å². The number of nitrogens with zero attached hydrogens (tertiary/aromatic N) is 1. The molecule has 1 aliphatic heterocycles. The van der Waals surface area contributed by atoms with Crippen molar-refractivity contribution in [3.8, 4) is 0 Å². The lowest BCUT2D eigenvalue weighted by Gasteiger charge is -2.51. The molecule has 4 heteroatoms. The van der Waals surface area contributed by atoms with E-state index in [0.29, 0.717) is 5.92 Å². The van der Waals surface area contributed by atoms with E-state index in [1.165, 1.54) is 16.8 Å². The van der Waals surface area contributed by atoms with Crippen molar-refractivity contribution >= 4 is 11.6 Å². The normalized spacial score (nSPS) is 21.6. The molecule has 0 unspecified atom stereocenters. The third-order valence-electron chi connectivity index (χ3n) is 4.64. The summed E-state index contributed by atoms with van der Waals surface area (Å²) in [6.07, 6.45) is 1.76. The Labute approximate surface area is 127 Å². The Hall–Kier alpha value is -1.55. The average Bonchev–Trinajstić information content (AvgIpc) is 2.42. The minimum Gasteiger partial charge on any atom is -0.354 e. The Kier molecular flexibility index (Phi) is 4.28. The predicted molar refractivity (Wildman–Crippen MR) is 87.2 cm³/mol. The van der Waals surface area contributed by atoms with Crippen LogP contribution in [-0.4, -0.2) is 17.5 Å². The van der Waals surface area contributed by atoms with Crippen LogP contribution in [0.5, 0.6) is 0 Å². The van der Waals surface area contributed by atoms with E-state index in [-0.39, 0.29) is 17.5 Å². The molecular weight excluding hydrogens is 262 g/mol. The topological polar surface area (TPSA) is 58.4 Å². The summed E-state index contributed by atoms with van der Waals surface area (Å²) in [6.45, 7) is 10.8. The summed E-state index contributed by atoms with van der Waals surface area (Å²) in [6, 6.07) is 6.16. The number of aryl methyl sites for hydroxylation is 1. The monoisotopic (exact) mass is 289 g/mol. The molecule has 1 heterocycles. The van der Waals surface area contributed by atoms with E-state index in [1.54, 1.807) is 0 Å². The largest absolute Gasteiger partial charge is 0.354 e. The number of carbonyl (C=O) groups is 1. The lowest BCUT2D eigenvalue weighted by molar-refractivity contribution is -0.122. The molecule has 2 atom stereocenters. The number of nitrogens with one attached hydrogen (secondary N) is 1. The molecule has 0 aliphatic carbocycles. The van der Waals surface area contributed by atoms with Gasteiger partial charge in [0.2, 0.25) is 0 Å². The predicted octanol–water partition coefficient (Wildman–Crippen LogP) is 2.86. The van der Waals surface area contributed by atoms with E-state index < -0.39 is 0 Å². The molecule has 0 saturated heterocycles. The lowest BCUT2D eigenvalue weighted by Crippen LogP contribution is -2.59. The number of hydrogen-bond donors (Lipinski definition) is 2. The van der Waals surface area contributed by atoms with Crippen molar-refractivity contribution in [3.05, 3.63) is 29.3 Å². The maximum atomic E-state index is 12.3. The first-order chi connectivity index (χ1) is 9.83. The van der Waals surface area contributed by atoms with Gasteiger partial charge in [0.1, 0.15) is 6.04 Å². The van der Waals surface area contributed by atoms with Gasteiger partial charge in [-0.3, -0.25) is 10.2 Å². The summed E-state index contributed by atoms with van der Waals surface area (Å²) in [4.78, 5) is 14.5. The molecule has 1 amide bonds. The number of hydrazine groups is 1. The molecule has 3 N–H and O–H groups in total. The highest BCUT2D eigenvalue weighted by molar-refractivity contribution is 5.86. The quantitative estimate of drug-likeness (QED) is 0.511. The summed E-state index contributed by atoms with van der Waals surface area (Å²) in [5.41, 5.74) is 6.01. The Balaban J connectivity index is 2.62. The molecular formula is C17H27N3O. The Bertz CT molecular complexity index is 539. The van der Waals surface area contributed by atoms with Crippen LogP contribution in [0.3, 0.4) is 0 Å². The van der Waals surface area contributed by atoms with E-state index in [4.69, 9.17) is 5.84 Å². The van der Waals surface area contributed by atoms with Crippen LogP contribution in [0.1, 0.15) is 57.6 Å². The van der Waals surface area contributed by atoms with Crippen LogP contribution in [0.15, 0.2) is 18.2 Å². The van der Waals surface area contributed by atoms with Crippen LogP contribution in [0, 0.1) is 6.92 Å². The van der Waals surface area contributed by atoms with Crippen molar-refractivity contribution in [2.45, 2.75) is 65.0 Å². The Morgan fingerprint density at radius 1 is 1.52 bits per heavy atom. The number of amides is 1. The van der Waals surface area contributed by atoms with Gasteiger partial charge in [-0.2, -0.15) is 0 Å². The molecule has 1 aliphatic rings. The molecule has 0 fully saturated rings. The van der Waals surface area contributed by atoms with E-state index in [0.717, 1.165) is 12.8 Å². The SMILES string of the molecule is CC[C@@H](C(=O)NN)N1c2c(C)cccc2[C@H](C)CC1(C)C. The van der Waals surface area contributed by atoms with Crippen LogP contribution >= 0.6 is 0 Å². The molecule has 21 heavy (non-hydrogen) atoms. The van der Waals surface area contributed by atoms with Crippen LogP contribution in [0.2, 0.25) is 0 Å². The maximum Gasteiger partial charge on any atom is 0.256 e. The van der Waals surface area contributed by atoms with Gasteiger partial charge in [0, 0.05) is 11.2 Å². The molecule has 0 aromatic heterocycles. The first kappa shape index (κ1) is 15.8. The molecule has 1 aromatic rings. The Morgan fingerprint density at radius 3 is 2.76 bits per heavy atom. The van der Waals surface area contributed by atoms with Crippen molar-refractivity contribution in [2.75, 3.05) is 4.90 Å². The van der Waals surface area contributed by atoms with Crippen LogP contribution in [-0.2, 0) is 4.79 Å². The number of rotatable bonds is 3. The van der Waals surface area contributed by atoms with E-state index >= 15 is 0 Å². The lowest BCUT2D eigenvalue weighted by atomic mass is 9.78. The summed E-state index contributed by atoms with van der Waals surface area (Å²) >= 11 is 0. The van der Waals surface area contributed by atoms with Gasteiger partial charge in [-0.15, -0.1) is 0 Å². The second kappa shape index (κ2) is 5.68. The van der Waals surface area contributed by atoms with Gasteiger partial charge in [-0.1, -0.05) is 32.0 Å². The van der Waals surface area contributed by atoms with Crippen molar-refractivity contribution < 1.29 is 4.79 Å². The molecule has 0 saturated carbocycles. The highest BCUT2D eigenvalue weighted by atomic mass is 16.2. The standard InChI is InChI=1S/C17H27N3O/c1-6-14(16(21)19-18)20-15-11(2)8-7-9-13(15)12(3)10-17(20,4)5/h7-9,12,14H,6,10,18H2,1-5H3,(H,19,21)/t12-,14+/m1/s1. The van der Waals surface area contributed by atoms with Gasteiger partial charge in [0.25, 0.3) is 5.91 Å². The van der Waals surface area contributed by atoms with Crippen LogP contribution in [0.25, 0.3) is 0 Å². The number of anilines is 1. The van der Waals surface area contributed by atoms with E-state index in [2.05, 4.69) is 56.2 Å². The maximum absolute atomic E-state index is 12.3. The number of para-hydroxylation sites is 1. The minimum atomic E-state index is -0.239. The fourth-order valence-corrected chi connectivity index (χ4v) is 3.83. The molecule has 4 nitrogen and oxygen atoms in total. The fraction of sp³-hybridized carbons (Fsp3) is 0.588. The summed E-state index contributed by atoms with van der Waals surface area (Å²) in [5.74, 6) is 5.78. The zero-order chi connectivity index (χ0) is 15.8. The Morgan fingerprint density at radius 2 is 2.19 bits per heavy atom. The van der Waals surface area contributed by atoms with E-state index in [9.17, 15) is 4.79 Å².